The van der Waals surface area contributed by atoms with Crippen molar-refractivity contribution in [2.75, 3.05) is 0 Å². The molecule has 0 radical (unpaired) electrons. The highest BCUT2D eigenvalue weighted by molar-refractivity contribution is 5.95. The molecule has 0 spiro atoms. The minimum atomic E-state index is -1.04. The Bertz CT molecular complexity index is 507. The molecule has 1 rings (SSSR count). The number of nitro groups is 1. The number of allylic oxidation sites excluding steroid dienone is 1. The lowest BCUT2D eigenvalue weighted by molar-refractivity contribution is -0.384. The molecule has 0 aliphatic heterocycles. The van der Waals surface area contributed by atoms with E-state index in [4.69, 9.17) is 5.11 Å². The maximum atomic E-state index is 11.3. The van der Waals surface area contributed by atoms with Gasteiger partial charge in [0.05, 0.1) is 11.3 Å². The van der Waals surface area contributed by atoms with Crippen LogP contribution < -0.4 is 0 Å². The normalized spacial score (nSPS) is 10.4. The molecular weight excluding hydrogens is 238 g/mol. The first-order valence-electron chi connectivity index (χ1n) is 5.16. The van der Waals surface area contributed by atoms with Crippen LogP contribution in [0.3, 0.4) is 0 Å². The van der Waals surface area contributed by atoms with Crippen LogP contribution in [0.15, 0.2) is 30.3 Å². The van der Waals surface area contributed by atoms with E-state index in [1.54, 1.807) is 6.07 Å². The molecule has 0 aromatic heterocycles. The van der Waals surface area contributed by atoms with Crippen molar-refractivity contribution in [1.82, 2.24) is 0 Å². The molecular formula is C12H11NO5. The molecule has 0 fully saturated rings. The summed E-state index contributed by atoms with van der Waals surface area (Å²) in [6, 6.07) is 5.82. The molecule has 94 valence electrons. The van der Waals surface area contributed by atoms with Crippen molar-refractivity contribution in [3.05, 3.63) is 46.0 Å². The van der Waals surface area contributed by atoms with Crippen molar-refractivity contribution >= 4 is 23.5 Å². The second kappa shape index (κ2) is 6.29. The van der Waals surface area contributed by atoms with Gasteiger partial charge in [-0.25, -0.2) is 0 Å². The van der Waals surface area contributed by atoms with Crippen LogP contribution in [0.1, 0.15) is 18.4 Å². The van der Waals surface area contributed by atoms with Crippen molar-refractivity contribution in [1.29, 1.82) is 0 Å². The summed E-state index contributed by atoms with van der Waals surface area (Å²) in [6.07, 6.45) is 2.35. The van der Waals surface area contributed by atoms with Crippen molar-refractivity contribution in [3.8, 4) is 0 Å². The lowest BCUT2D eigenvalue weighted by Crippen LogP contribution is -2.00. The Balaban J connectivity index is 2.66. The second-order valence-electron chi connectivity index (χ2n) is 3.55. The molecule has 0 atom stereocenters. The van der Waals surface area contributed by atoms with Gasteiger partial charge in [-0.1, -0.05) is 18.2 Å². The highest BCUT2D eigenvalue weighted by Crippen LogP contribution is 2.14. The summed E-state index contributed by atoms with van der Waals surface area (Å²) in [7, 11) is 0. The van der Waals surface area contributed by atoms with E-state index in [1.807, 2.05) is 0 Å². The third-order valence-corrected chi connectivity index (χ3v) is 2.13. The number of carbonyl (C=O) groups is 2. The predicted molar refractivity (Wildman–Crippen MR) is 64.0 cm³/mol. The Hall–Kier alpha value is -2.50. The molecule has 1 N–H and O–H groups in total. The molecule has 6 heteroatoms. The van der Waals surface area contributed by atoms with Gasteiger partial charge in [0.1, 0.15) is 0 Å². The number of carboxylic acid groups (broad SMARTS) is 1. The molecule has 1 aromatic rings. The van der Waals surface area contributed by atoms with Gasteiger partial charge in [0, 0.05) is 18.6 Å². The summed E-state index contributed by atoms with van der Waals surface area (Å²) in [5, 5.41) is 18.9. The molecule has 0 amide bonds. The highest BCUT2D eigenvalue weighted by atomic mass is 16.6. The maximum Gasteiger partial charge on any atom is 0.303 e. The number of nitro benzene ring substituents is 1. The Morgan fingerprint density at radius 1 is 1.33 bits per heavy atom. The maximum absolute atomic E-state index is 11.3. The van der Waals surface area contributed by atoms with E-state index in [1.165, 1.54) is 30.4 Å². The van der Waals surface area contributed by atoms with Crippen LogP contribution in [0.5, 0.6) is 0 Å². The fourth-order valence-corrected chi connectivity index (χ4v) is 1.24. The minimum Gasteiger partial charge on any atom is -0.481 e. The van der Waals surface area contributed by atoms with Crippen LogP contribution in [-0.2, 0) is 9.59 Å². The second-order valence-corrected chi connectivity index (χ2v) is 3.55. The Morgan fingerprint density at radius 3 is 2.67 bits per heavy atom. The average molecular weight is 249 g/mol. The van der Waals surface area contributed by atoms with E-state index in [2.05, 4.69) is 0 Å². The van der Waals surface area contributed by atoms with Crippen LogP contribution in [0.4, 0.5) is 5.69 Å². The molecule has 0 aliphatic rings. The third kappa shape index (κ3) is 4.56. The zero-order chi connectivity index (χ0) is 13.5. The van der Waals surface area contributed by atoms with Crippen molar-refractivity contribution in [3.63, 3.8) is 0 Å². The van der Waals surface area contributed by atoms with Gasteiger partial charge in [0.25, 0.3) is 5.69 Å². The molecule has 0 saturated carbocycles. The van der Waals surface area contributed by atoms with Gasteiger partial charge in [-0.05, 0) is 11.6 Å². The number of carboxylic acids is 1. The summed E-state index contributed by atoms with van der Waals surface area (Å²) in [4.78, 5) is 31.5. The first kappa shape index (κ1) is 13.6. The number of hydrogen-bond acceptors (Lipinski definition) is 4. The summed E-state index contributed by atoms with van der Waals surface area (Å²) < 4.78 is 0. The summed E-state index contributed by atoms with van der Waals surface area (Å²) in [5.41, 5.74) is 0.461. The first-order valence-corrected chi connectivity index (χ1v) is 5.16. The third-order valence-electron chi connectivity index (χ3n) is 2.13. The fourth-order valence-electron chi connectivity index (χ4n) is 1.24. The molecule has 0 heterocycles. The zero-order valence-corrected chi connectivity index (χ0v) is 9.41. The molecule has 0 bridgehead atoms. The summed E-state index contributed by atoms with van der Waals surface area (Å²) in [5.74, 6) is -1.36. The van der Waals surface area contributed by atoms with Crippen LogP contribution in [0, 0.1) is 10.1 Å². The molecule has 0 aliphatic carbocycles. The number of aliphatic carboxylic acids is 1. The van der Waals surface area contributed by atoms with Gasteiger partial charge >= 0.3 is 5.97 Å². The Kier molecular flexibility index (Phi) is 4.74. The van der Waals surface area contributed by atoms with Gasteiger partial charge in [-0.2, -0.15) is 0 Å². The number of rotatable bonds is 6. The number of benzene rings is 1. The lowest BCUT2D eigenvalue weighted by atomic mass is 10.1. The summed E-state index contributed by atoms with van der Waals surface area (Å²) >= 11 is 0. The lowest BCUT2D eigenvalue weighted by Gasteiger charge is -1.94. The number of hydrogen-bond donors (Lipinski definition) is 1. The predicted octanol–water partition coefficient (Wildman–Crippen LogP) is 2.04. The van der Waals surface area contributed by atoms with Crippen molar-refractivity contribution < 1.29 is 19.6 Å². The van der Waals surface area contributed by atoms with E-state index < -0.39 is 10.9 Å². The van der Waals surface area contributed by atoms with Crippen LogP contribution >= 0.6 is 0 Å². The Morgan fingerprint density at radius 2 is 2.06 bits per heavy atom. The quantitative estimate of drug-likeness (QED) is 0.472. The van der Waals surface area contributed by atoms with Crippen molar-refractivity contribution in [2.24, 2.45) is 0 Å². The molecule has 0 saturated heterocycles. The minimum absolute atomic E-state index is 0.0601. The SMILES string of the molecule is O=C(O)CCC(=O)C=Cc1cccc([N+](=O)[O-])c1. The molecule has 1 aromatic carbocycles. The van der Waals surface area contributed by atoms with E-state index >= 15 is 0 Å². The van der Waals surface area contributed by atoms with E-state index in [0.29, 0.717) is 5.56 Å². The smallest absolute Gasteiger partial charge is 0.303 e. The topological polar surface area (TPSA) is 97.5 Å². The van der Waals surface area contributed by atoms with Gasteiger partial charge < -0.3 is 5.11 Å². The average Bonchev–Trinajstić information content (AvgIpc) is 2.34. The number of nitrogens with zero attached hydrogens (tertiary/aromatic N) is 1. The first-order chi connectivity index (χ1) is 8.49. The fraction of sp³-hybridized carbons (Fsp3) is 0.167. The number of ketones is 1. The standard InChI is InChI=1S/C12H11NO5/c14-11(6-7-12(15)16)5-4-9-2-1-3-10(8-9)13(17)18/h1-5,8H,6-7H2,(H,15,16). The van der Waals surface area contributed by atoms with E-state index in [0.717, 1.165) is 0 Å². The zero-order valence-electron chi connectivity index (χ0n) is 9.41. The van der Waals surface area contributed by atoms with E-state index in [9.17, 15) is 19.7 Å². The van der Waals surface area contributed by atoms with E-state index in [-0.39, 0.29) is 24.3 Å². The Labute approximate surface area is 103 Å². The molecule has 18 heavy (non-hydrogen) atoms. The summed E-state index contributed by atoms with van der Waals surface area (Å²) in [6.45, 7) is 0. The van der Waals surface area contributed by atoms with Crippen molar-refractivity contribution in [2.45, 2.75) is 12.8 Å². The monoisotopic (exact) mass is 249 g/mol. The van der Waals surface area contributed by atoms with Crippen LogP contribution in [0.2, 0.25) is 0 Å². The van der Waals surface area contributed by atoms with Gasteiger partial charge in [0.15, 0.2) is 5.78 Å². The number of non-ortho nitro benzene ring substituents is 1. The molecule has 0 unspecified atom stereocenters. The van der Waals surface area contributed by atoms with Gasteiger partial charge in [-0.15, -0.1) is 0 Å². The molecule has 6 nitrogen and oxygen atoms in total. The highest BCUT2D eigenvalue weighted by Gasteiger charge is 2.05. The van der Waals surface area contributed by atoms with Crippen LogP contribution in [0.25, 0.3) is 6.08 Å². The largest absolute Gasteiger partial charge is 0.481 e. The van der Waals surface area contributed by atoms with Crippen LogP contribution in [-0.4, -0.2) is 21.8 Å². The number of carbonyl (C=O) groups excluding carboxylic acids is 1. The van der Waals surface area contributed by atoms with Gasteiger partial charge in [0.2, 0.25) is 0 Å². The van der Waals surface area contributed by atoms with Gasteiger partial charge in [-0.3, -0.25) is 19.7 Å².